The summed E-state index contributed by atoms with van der Waals surface area (Å²) in [6.07, 6.45) is 1.17. The van der Waals surface area contributed by atoms with Crippen LogP contribution < -0.4 is 16.1 Å². The van der Waals surface area contributed by atoms with Crippen molar-refractivity contribution in [1.82, 2.24) is 33.6 Å². The van der Waals surface area contributed by atoms with Crippen LogP contribution in [0.25, 0.3) is 22.4 Å². The Kier molecular flexibility index (Phi) is 6.44. The Hall–Kier alpha value is -3.63. The number of likely N-dealkylation sites (N-methyl/N-ethyl adjacent to an activating group) is 1. The highest BCUT2D eigenvalue weighted by atomic mass is 32.2. The second kappa shape index (κ2) is 9.20. The van der Waals surface area contributed by atoms with E-state index in [1.807, 2.05) is 6.92 Å². The molecule has 0 radical (unpaired) electrons. The number of hydrogen-bond acceptors (Lipinski definition) is 11. The minimum absolute atomic E-state index is 0.000213. The quantitative estimate of drug-likeness (QED) is 0.248. The van der Waals surface area contributed by atoms with Crippen molar-refractivity contribution in [3.8, 4) is 17.3 Å². The zero-order valence-electron chi connectivity index (χ0n) is 19.4. The van der Waals surface area contributed by atoms with Crippen molar-refractivity contribution in [3.05, 3.63) is 32.7 Å². The highest BCUT2D eigenvalue weighted by Crippen LogP contribution is 2.31. The van der Waals surface area contributed by atoms with E-state index in [0.29, 0.717) is 30.9 Å². The molecule has 4 rings (SSSR count). The molecule has 35 heavy (non-hydrogen) atoms. The fourth-order valence-corrected chi connectivity index (χ4v) is 5.33. The van der Waals surface area contributed by atoms with Crippen molar-refractivity contribution in [1.29, 1.82) is 0 Å². The Morgan fingerprint density at radius 2 is 1.89 bits per heavy atom. The molecule has 0 saturated carbocycles. The van der Waals surface area contributed by atoms with Gasteiger partial charge in [-0.15, -0.1) is 4.68 Å². The van der Waals surface area contributed by atoms with Crippen LogP contribution in [0.5, 0.6) is 5.88 Å². The van der Waals surface area contributed by atoms with Gasteiger partial charge in [0.1, 0.15) is 11.9 Å². The normalized spacial score (nSPS) is 15.5. The van der Waals surface area contributed by atoms with Crippen molar-refractivity contribution >= 4 is 26.9 Å². The van der Waals surface area contributed by atoms with Gasteiger partial charge >= 0.3 is 11.4 Å². The number of nitro groups is 1. The first-order valence-electron chi connectivity index (χ1n) is 10.8. The van der Waals surface area contributed by atoms with E-state index in [1.165, 1.54) is 23.6 Å². The van der Waals surface area contributed by atoms with Gasteiger partial charge in [-0.1, -0.05) is 12.0 Å². The molecule has 0 amide bonds. The second-order valence-electron chi connectivity index (χ2n) is 7.81. The van der Waals surface area contributed by atoms with Gasteiger partial charge in [-0.3, -0.25) is 4.79 Å². The Morgan fingerprint density at radius 1 is 1.20 bits per heavy atom. The summed E-state index contributed by atoms with van der Waals surface area (Å²) in [5, 5.41) is 15.4. The largest absolute Gasteiger partial charge is 0.477 e. The lowest BCUT2D eigenvalue weighted by molar-refractivity contribution is -0.390. The molecule has 0 aliphatic carbocycles. The number of pyridine rings is 1. The smallest absolute Gasteiger partial charge is 0.371 e. The summed E-state index contributed by atoms with van der Waals surface area (Å²) in [5.41, 5.74) is -1.43. The number of piperazine rings is 1. The van der Waals surface area contributed by atoms with Crippen LogP contribution in [0.2, 0.25) is 0 Å². The molecule has 1 fully saturated rings. The van der Waals surface area contributed by atoms with E-state index < -0.39 is 26.3 Å². The number of sulfonamides is 1. The molecular formula is C19H25N9O6S. The molecule has 0 atom stereocenters. The number of rotatable bonds is 7. The SMILES string of the molecule is CCOc1ncc(S(=O)(=O)N2CCN(CC)CC2)cc1-c1nc2c([N+](=O)[O-])n(C)nc2c(=O)n1N. The zero-order chi connectivity index (χ0) is 25.5. The average molecular weight is 508 g/mol. The summed E-state index contributed by atoms with van der Waals surface area (Å²) in [4.78, 5) is 34.1. The first-order chi connectivity index (χ1) is 16.6. The number of hydrogen-bond donors (Lipinski definition) is 1. The minimum Gasteiger partial charge on any atom is -0.477 e. The van der Waals surface area contributed by atoms with Crippen LogP contribution in [-0.2, 0) is 17.1 Å². The van der Waals surface area contributed by atoms with Crippen LogP contribution in [0.3, 0.4) is 0 Å². The van der Waals surface area contributed by atoms with Crippen LogP contribution in [0, 0.1) is 10.1 Å². The van der Waals surface area contributed by atoms with Crippen molar-refractivity contribution in [3.63, 3.8) is 0 Å². The Labute approximate surface area is 199 Å². The number of nitrogens with zero attached hydrogens (tertiary/aromatic N) is 8. The summed E-state index contributed by atoms with van der Waals surface area (Å²) >= 11 is 0. The van der Waals surface area contributed by atoms with Crippen LogP contribution in [0.1, 0.15) is 13.8 Å². The van der Waals surface area contributed by atoms with Gasteiger partial charge in [0, 0.05) is 26.2 Å². The van der Waals surface area contributed by atoms with E-state index >= 15 is 0 Å². The van der Waals surface area contributed by atoms with Crippen LogP contribution in [0.4, 0.5) is 5.82 Å². The number of fused-ring (bicyclic) bond motifs is 1. The maximum atomic E-state index is 13.3. The zero-order valence-corrected chi connectivity index (χ0v) is 20.2. The molecular weight excluding hydrogens is 482 g/mol. The van der Waals surface area contributed by atoms with Crippen molar-refractivity contribution < 1.29 is 18.1 Å². The van der Waals surface area contributed by atoms with Crippen LogP contribution >= 0.6 is 0 Å². The molecule has 16 heteroatoms. The average Bonchev–Trinajstić information content (AvgIpc) is 3.18. The van der Waals surface area contributed by atoms with Gasteiger partial charge in [0.15, 0.2) is 11.3 Å². The number of nitrogen functional groups attached to an aromatic ring is 1. The van der Waals surface area contributed by atoms with Gasteiger partial charge in [-0.2, -0.15) is 4.31 Å². The molecule has 0 aromatic carbocycles. The lowest BCUT2D eigenvalue weighted by Crippen LogP contribution is -2.48. The number of ether oxygens (including phenoxy) is 1. The maximum absolute atomic E-state index is 13.3. The van der Waals surface area contributed by atoms with Gasteiger partial charge in [-0.05, 0) is 24.5 Å². The first kappa shape index (κ1) is 24.5. The first-order valence-corrected chi connectivity index (χ1v) is 12.3. The monoisotopic (exact) mass is 507 g/mol. The van der Waals surface area contributed by atoms with Crippen LogP contribution in [0.15, 0.2) is 22.0 Å². The van der Waals surface area contributed by atoms with E-state index in [0.717, 1.165) is 11.2 Å². The van der Waals surface area contributed by atoms with E-state index in [2.05, 4.69) is 20.0 Å². The van der Waals surface area contributed by atoms with Gasteiger partial charge < -0.3 is 25.6 Å². The molecule has 15 nitrogen and oxygen atoms in total. The molecule has 1 aliphatic heterocycles. The second-order valence-corrected chi connectivity index (χ2v) is 9.75. The third-order valence-corrected chi connectivity index (χ3v) is 7.66. The van der Waals surface area contributed by atoms with Gasteiger partial charge in [0.25, 0.3) is 0 Å². The summed E-state index contributed by atoms with van der Waals surface area (Å²) in [7, 11) is -2.63. The minimum atomic E-state index is -3.93. The number of aromatic nitrogens is 5. The predicted octanol–water partition coefficient (Wildman–Crippen LogP) is -0.461. The fourth-order valence-electron chi connectivity index (χ4n) is 3.94. The molecule has 1 aliphatic rings. The highest BCUT2D eigenvalue weighted by molar-refractivity contribution is 7.89. The summed E-state index contributed by atoms with van der Waals surface area (Å²) < 4.78 is 35.2. The molecule has 2 N–H and O–H groups in total. The van der Waals surface area contributed by atoms with Gasteiger partial charge in [0.2, 0.25) is 21.4 Å². The Balaban J connectivity index is 1.89. The molecule has 0 bridgehead atoms. The molecule has 1 saturated heterocycles. The highest BCUT2D eigenvalue weighted by Gasteiger charge is 2.31. The topological polar surface area (TPSA) is 185 Å². The third kappa shape index (κ3) is 4.19. The molecule has 0 unspecified atom stereocenters. The van der Waals surface area contributed by atoms with Crippen molar-refractivity contribution in [2.24, 2.45) is 7.05 Å². The lowest BCUT2D eigenvalue weighted by atomic mass is 10.2. The Bertz CT molecular complexity index is 1460. The molecule has 3 aromatic rings. The molecule has 188 valence electrons. The Morgan fingerprint density at radius 3 is 2.49 bits per heavy atom. The molecule has 0 spiro atoms. The fraction of sp³-hybridized carbons (Fsp3) is 0.474. The van der Waals surface area contributed by atoms with E-state index in [4.69, 9.17) is 10.6 Å². The van der Waals surface area contributed by atoms with Crippen LogP contribution in [-0.4, -0.2) is 86.3 Å². The summed E-state index contributed by atoms with van der Waals surface area (Å²) in [5.74, 6) is 5.20. The van der Waals surface area contributed by atoms with Crippen molar-refractivity contribution in [2.45, 2.75) is 18.7 Å². The predicted molar refractivity (Wildman–Crippen MR) is 125 cm³/mol. The standard InChI is InChI=1S/C19H25N9O6S/c1-4-25-6-8-26(9-7-25)35(32,33)12-10-13(17(21-11-12)34-5-2)16-22-14-15(19(29)27(16)20)23-24(3)18(14)28(30)31/h10-11H,4-9,20H2,1-3H3. The van der Waals surface area contributed by atoms with Crippen molar-refractivity contribution in [2.75, 3.05) is 45.2 Å². The van der Waals surface area contributed by atoms with E-state index in [-0.39, 0.29) is 39.8 Å². The lowest BCUT2D eigenvalue weighted by Gasteiger charge is -2.33. The summed E-state index contributed by atoms with van der Waals surface area (Å²) in [6.45, 7) is 6.52. The summed E-state index contributed by atoms with van der Waals surface area (Å²) in [6, 6.07) is 1.26. The van der Waals surface area contributed by atoms with E-state index in [1.54, 1.807) is 6.92 Å². The molecule has 4 heterocycles. The van der Waals surface area contributed by atoms with Gasteiger partial charge in [0.05, 0.1) is 18.4 Å². The third-order valence-electron chi connectivity index (χ3n) is 5.80. The molecule has 3 aromatic heterocycles. The number of nitrogens with two attached hydrogens (primary N) is 1. The maximum Gasteiger partial charge on any atom is 0.371 e. The number of aryl methyl sites for hydroxylation is 1. The van der Waals surface area contributed by atoms with E-state index in [9.17, 15) is 23.3 Å². The van der Waals surface area contributed by atoms with Gasteiger partial charge in [-0.25, -0.2) is 23.1 Å².